The molecule has 1 saturated carbocycles. The van der Waals surface area contributed by atoms with E-state index >= 15 is 0 Å². The summed E-state index contributed by atoms with van der Waals surface area (Å²) in [5, 5.41) is 0.691. The van der Waals surface area contributed by atoms with Crippen molar-refractivity contribution < 1.29 is 4.79 Å². The van der Waals surface area contributed by atoms with Crippen LogP contribution in [-0.4, -0.2) is 18.5 Å². The van der Waals surface area contributed by atoms with Crippen LogP contribution in [0.4, 0.5) is 5.69 Å². The molecule has 20 heavy (non-hydrogen) atoms. The first-order valence-corrected chi connectivity index (χ1v) is 7.37. The Morgan fingerprint density at radius 3 is 2.90 bits per heavy atom. The van der Waals surface area contributed by atoms with E-state index in [0.717, 1.165) is 37.9 Å². The molecular weight excluding hydrogens is 295 g/mol. The van der Waals surface area contributed by atoms with E-state index < -0.39 is 0 Å². The van der Waals surface area contributed by atoms with Gasteiger partial charge in [0, 0.05) is 29.7 Å². The van der Waals surface area contributed by atoms with E-state index in [0.29, 0.717) is 17.4 Å². The van der Waals surface area contributed by atoms with E-state index in [2.05, 4.69) is 0 Å². The molecule has 1 aliphatic heterocycles. The number of benzene rings is 1. The summed E-state index contributed by atoms with van der Waals surface area (Å²) in [4.78, 5) is 14.3. The number of fused-ring (bicyclic) bond motifs is 1. The summed E-state index contributed by atoms with van der Waals surface area (Å²) in [6, 6.07) is 6.01. The molecule has 3 nitrogen and oxygen atoms in total. The summed E-state index contributed by atoms with van der Waals surface area (Å²) in [5.41, 5.74) is 8.26. The zero-order chi connectivity index (χ0) is 13.4. The van der Waals surface area contributed by atoms with Gasteiger partial charge in [-0.3, -0.25) is 4.79 Å². The molecule has 0 radical (unpaired) electrons. The standard InChI is InChI=1S/C15H19ClN2O.ClH/c16-12-5-4-10-6-7-18(14(10)9-12)15(19)8-11-2-1-3-13(11)17;/h4-5,9,11,13H,1-3,6-8,17H2;1H/t11-,13+;/m0./s1. The fourth-order valence-electron chi connectivity index (χ4n) is 3.26. The largest absolute Gasteiger partial charge is 0.327 e. The molecule has 1 aliphatic carbocycles. The van der Waals surface area contributed by atoms with Gasteiger partial charge in [0.05, 0.1) is 0 Å². The molecule has 0 bridgehead atoms. The van der Waals surface area contributed by atoms with Crippen LogP contribution in [0.2, 0.25) is 5.02 Å². The second-order valence-corrected chi connectivity index (χ2v) is 6.06. The molecule has 2 atom stereocenters. The van der Waals surface area contributed by atoms with Gasteiger partial charge in [-0.25, -0.2) is 0 Å². The molecule has 1 heterocycles. The van der Waals surface area contributed by atoms with Crippen LogP contribution in [0.1, 0.15) is 31.2 Å². The third kappa shape index (κ3) is 2.95. The number of nitrogens with two attached hydrogens (primary N) is 1. The summed E-state index contributed by atoms with van der Waals surface area (Å²) >= 11 is 6.03. The van der Waals surface area contributed by atoms with Crippen LogP contribution < -0.4 is 10.6 Å². The zero-order valence-corrected chi connectivity index (χ0v) is 12.9. The summed E-state index contributed by atoms with van der Waals surface area (Å²) < 4.78 is 0. The molecule has 2 N–H and O–H groups in total. The average Bonchev–Trinajstić information content (AvgIpc) is 2.96. The number of amides is 1. The lowest BCUT2D eigenvalue weighted by Crippen LogP contribution is -2.34. The van der Waals surface area contributed by atoms with Gasteiger partial charge in [-0.2, -0.15) is 0 Å². The van der Waals surface area contributed by atoms with E-state index in [1.54, 1.807) is 0 Å². The highest BCUT2D eigenvalue weighted by Gasteiger charge is 2.30. The van der Waals surface area contributed by atoms with Gasteiger partial charge in [0.15, 0.2) is 0 Å². The van der Waals surface area contributed by atoms with Crippen LogP contribution >= 0.6 is 24.0 Å². The molecule has 0 saturated heterocycles. The topological polar surface area (TPSA) is 46.3 Å². The molecule has 0 aromatic heterocycles. The van der Waals surface area contributed by atoms with Crippen LogP contribution in [-0.2, 0) is 11.2 Å². The van der Waals surface area contributed by atoms with Gasteiger partial charge in [-0.15, -0.1) is 12.4 Å². The van der Waals surface area contributed by atoms with Crippen molar-refractivity contribution in [1.82, 2.24) is 0 Å². The Hall–Kier alpha value is -0.770. The van der Waals surface area contributed by atoms with Gasteiger partial charge in [0.25, 0.3) is 0 Å². The third-order valence-corrected chi connectivity index (χ3v) is 4.63. The lowest BCUT2D eigenvalue weighted by atomic mass is 9.99. The number of carbonyl (C=O) groups excluding carboxylic acids is 1. The van der Waals surface area contributed by atoms with Crippen molar-refractivity contribution in [2.24, 2.45) is 11.7 Å². The highest BCUT2D eigenvalue weighted by molar-refractivity contribution is 6.31. The van der Waals surface area contributed by atoms with Crippen LogP contribution in [0.15, 0.2) is 18.2 Å². The highest BCUT2D eigenvalue weighted by Crippen LogP contribution is 2.33. The van der Waals surface area contributed by atoms with Gasteiger partial charge in [-0.1, -0.05) is 24.1 Å². The van der Waals surface area contributed by atoms with Crippen LogP contribution in [0.3, 0.4) is 0 Å². The molecule has 1 aromatic carbocycles. The summed E-state index contributed by atoms with van der Waals surface area (Å²) in [7, 11) is 0. The SMILES string of the molecule is Cl.N[C@@H]1CCC[C@H]1CC(=O)N1CCc2ccc(Cl)cc21. The van der Waals surface area contributed by atoms with Crippen molar-refractivity contribution in [3.05, 3.63) is 28.8 Å². The fraction of sp³-hybridized carbons (Fsp3) is 0.533. The Bertz CT molecular complexity index is 507. The number of rotatable bonds is 2. The molecule has 3 rings (SSSR count). The normalized spacial score (nSPS) is 24.4. The number of anilines is 1. The van der Waals surface area contributed by atoms with Crippen molar-refractivity contribution in [3.63, 3.8) is 0 Å². The van der Waals surface area contributed by atoms with E-state index in [1.807, 2.05) is 23.1 Å². The van der Waals surface area contributed by atoms with Crippen molar-refractivity contribution in [2.75, 3.05) is 11.4 Å². The second kappa shape index (κ2) is 6.33. The predicted octanol–water partition coefficient (Wildman–Crippen LogP) is 3.17. The first-order chi connectivity index (χ1) is 9.15. The van der Waals surface area contributed by atoms with Crippen molar-refractivity contribution in [1.29, 1.82) is 0 Å². The predicted molar refractivity (Wildman–Crippen MR) is 84.7 cm³/mol. The minimum atomic E-state index is 0. The highest BCUT2D eigenvalue weighted by atomic mass is 35.5. The molecule has 5 heteroatoms. The number of halogens is 2. The molecule has 1 fully saturated rings. The Morgan fingerprint density at radius 2 is 2.20 bits per heavy atom. The van der Waals surface area contributed by atoms with Crippen LogP contribution in [0.25, 0.3) is 0 Å². The Labute approximate surface area is 130 Å². The maximum absolute atomic E-state index is 12.4. The summed E-state index contributed by atoms with van der Waals surface area (Å²) in [6.45, 7) is 0.774. The molecule has 2 aliphatic rings. The van der Waals surface area contributed by atoms with Gasteiger partial charge in [0.1, 0.15) is 0 Å². The summed E-state index contributed by atoms with van der Waals surface area (Å²) in [5.74, 6) is 0.555. The Morgan fingerprint density at radius 1 is 1.40 bits per heavy atom. The van der Waals surface area contributed by atoms with Gasteiger partial charge in [-0.05, 0) is 42.9 Å². The summed E-state index contributed by atoms with van der Waals surface area (Å²) in [6.07, 6.45) is 4.80. The molecule has 1 amide bonds. The van der Waals surface area contributed by atoms with Gasteiger partial charge in [0.2, 0.25) is 5.91 Å². The number of hydrogen-bond acceptors (Lipinski definition) is 2. The quantitative estimate of drug-likeness (QED) is 0.911. The smallest absolute Gasteiger partial charge is 0.227 e. The van der Waals surface area contributed by atoms with Crippen LogP contribution in [0, 0.1) is 5.92 Å². The Balaban J connectivity index is 0.00000147. The third-order valence-electron chi connectivity index (χ3n) is 4.40. The molecule has 110 valence electrons. The van der Waals surface area contributed by atoms with Gasteiger partial charge < -0.3 is 10.6 Å². The van der Waals surface area contributed by atoms with Crippen molar-refractivity contribution in [2.45, 2.75) is 38.1 Å². The molecule has 1 aromatic rings. The maximum atomic E-state index is 12.4. The number of hydrogen-bond donors (Lipinski definition) is 1. The van der Waals surface area contributed by atoms with Crippen molar-refractivity contribution in [3.8, 4) is 0 Å². The lowest BCUT2D eigenvalue weighted by molar-refractivity contribution is -0.119. The molecule has 0 unspecified atom stereocenters. The van der Waals surface area contributed by atoms with Gasteiger partial charge >= 0.3 is 0 Å². The molecule has 0 spiro atoms. The van der Waals surface area contributed by atoms with Crippen molar-refractivity contribution >= 4 is 35.6 Å². The molecular formula is C15H20Cl2N2O. The zero-order valence-electron chi connectivity index (χ0n) is 11.3. The first kappa shape index (κ1) is 15.6. The van der Waals surface area contributed by atoms with E-state index in [9.17, 15) is 4.79 Å². The minimum Gasteiger partial charge on any atom is -0.327 e. The monoisotopic (exact) mass is 314 g/mol. The minimum absolute atomic E-state index is 0. The Kier molecular flexibility index (Phi) is 4.95. The average molecular weight is 315 g/mol. The van der Waals surface area contributed by atoms with E-state index in [4.69, 9.17) is 17.3 Å². The number of carbonyl (C=O) groups is 1. The lowest BCUT2D eigenvalue weighted by Gasteiger charge is -2.21. The van der Waals surface area contributed by atoms with E-state index in [1.165, 1.54) is 5.56 Å². The number of nitrogens with zero attached hydrogens (tertiary/aromatic N) is 1. The van der Waals surface area contributed by atoms with Crippen LogP contribution in [0.5, 0.6) is 0 Å². The van der Waals surface area contributed by atoms with E-state index in [-0.39, 0.29) is 24.4 Å². The fourth-order valence-corrected chi connectivity index (χ4v) is 3.43. The maximum Gasteiger partial charge on any atom is 0.227 e. The first-order valence-electron chi connectivity index (χ1n) is 6.99. The second-order valence-electron chi connectivity index (χ2n) is 5.63.